The zero-order valence-corrected chi connectivity index (χ0v) is 9.28. The van der Waals surface area contributed by atoms with Gasteiger partial charge in [-0.05, 0) is 23.6 Å². The molecule has 0 spiro atoms. The molecule has 1 aromatic rings. The van der Waals surface area contributed by atoms with Crippen molar-refractivity contribution in [1.82, 2.24) is 0 Å². The monoisotopic (exact) mass is 219 g/mol. The number of aliphatic hydroxyl groups excluding tert-OH is 1. The molecule has 0 atom stereocenters. The molecule has 16 heavy (non-hydrogen) atoms. The van der Waals surface area contributed by atoms with Crippen LogP contribution in [0.5, 0.6) is 0 Å². The number of esters is 1. The number of carbonyl (C=O) groups excluding carboxylic acids is 1. The van der Waals surface area contributed by atoms with Crippen molar-refractivity contribution in [3.63, 3.8) is 0 Å². The highest BCUT2D eigenvalue weighted by Crippen LogP contribution is 2.18. The number of aryl methyl sites for hydroxylation is 1. The third kappa shape index (κ3) is 2.20. The maximum Gasteiger partial charge on any atom is 0.338 e. The van der Waals surface area contributed by atoms with Gasteiger partial charge >= 0.3 is 5.97 Å². The average Bonchev–Trinajstić information content (AvgIpc) is 2.35. The Bertz CT molecular complexity index is 446. The van der Waals surface area contributed by atoms with Crippen LogP contribution in [0, 0.1) is 11.3 Å². The molecule has 4 nitrogen and oxygen atoms in total. The molecule has 0 aliphatic heterocycles. The lowest BCUT2D eigenvalue weighted by Crippen LogP contribution is -2.08. The molecule has 0 bridgehead atoms. The number of ether oxygens (including phenoxy) is 1. The largest absolute Gasteiger partial charge is 0.465 e. The van der Waals surface area contributed by atoms with E-state index in [0.29, 0.717) is 17.5 Å². The van der Waals surface area contributed by atoms with Crippen LogP contribution >= 0.6 is 0 Å². The molecule has 0 aliphatic rings. The van der Waals surface area contributed by atoms with Crippen LogP contribution in [0.1, 0.15) is 34.0 Å². The average molecular weight is 219 g/mol. The van der Waals surface area contributed by atoms with E-state index in [4.69, 9.17) is 10.4 Å². The molecular formula is C12H13NO3. The van der Waals surface area contributed by atoms with Gasteiger partial charge in [-0.1, -0.05) is 13.0 Å². The molecule has 1 rings (SSSR count). The van der Waals surface area contributed by atoms with Gasteiger partial charge in [-0.15, -0.1) is 0 Å². The van der Waals surface area contributed by atoms with Crippen LogP contribution in [0.3, 0.4) is 0 Å². The molecule has 0 saturated heterocycles. The quantitative estimate of drug-likeness (QED) is 0.780. The van der Waals surface area contributed by atoms with Gasteiger partial charge in [-0.3, -0.25) is 0 Å². The van der Waals surface area contributed by atoms with E-state index in [1.54, 1.807) is 6.07 Å². The summed E-state index contributed by atoms with van der Waals surface area (Å²) >= 11 is 0. The molecule has 0 fully saturated rings. The Morgan fingerprint density at radius 3 is 2.62 bits per heavy atom. The van der Waals surface area contributed by atoms with Crippen LogP contribution in [0.4, 0.5) is 0 Å². The zero-order valence-electron chi connectivity index (χ0n) is 9.28. The minimum Gasteiger partial charge on any atom is -0.465 e. The lowest BCUT2D eigenvalue weighted by atomic mass is 9.98. The Balaban J connectivity index is 3.38. The van der Waals surface area contributed by atoms with Crippen LogP contribution in [0.2, 0.25) is 0 Å². The first-order valence-electron chi connectivity index (χ1n) is 4.93. The Kier molecular flexibility index (Phi) is 4.03. The van der Waals surface area contributed by atoms with E-state index in [0.717, 1.165) is 5.56 Å². The van der Waals surface area contributed by atoms with Crippen LogP contribution in [-0.4, -0.2) is 18.2 Å². The number of nitrogens with zero attached hydrogens (tertiary/aromatic N) is 1. The molecule has 1 aromatic carbocycles. The van der Waals surface area contributed by atoms with E-state index in [9.17, 15) is 4.79 Å². The maximum atomic E-state index is 11.4. The van der Waals surface area contributed by atoms with Crippen LogP contribution in [0.25, 0.3) is 0 Å². The van der Waals surface area contributed by atoms with Crippen molar-refractivity contribution in [1.29, 1.82) is 5.26 Å². The number of hydrogen-bond acceptors (Lipinski definition) is 4. The van der Waals surface area contributed by atoms with Crippen molar-refractivity contribution < 1.29 is 14.6 Å². The Labute approximate surface area is 94.1 Å². The van der Waals surface area contributed by atoms with Crippen LogP contribution < -0.4 is 0 Å². The topological polar surface area (TPSA) is 70.3 Å². The molecule has 0 unspecified atom stereocenters. The molecule has 0 aromatic heterocycles. The van der Waals surface area contributed by atoms with Gasteiger partial charge in [0.15, 0.2) is 0 Å². The van der Waals surface area contributed by atoms with E-state index in [2.05, 4.69) is 4.74 Å². The van der Waals surface area contributed by atoms with Crippen molar-refractivity contribution in [2.75, 3.05) is 7.11 Å². The maximum absolute atomic E-state index is 11.4. The summed E-state index contributed by atoms with van der Waals surface area (Å²) in [6, 6.07) is 5.17. The van der Waals surface area contributed by atoms with E-state index in [-0.39, 0.29) is 12.2 Å². The second kappa shape index (κ2) is 5.29. The molecule has 0 amide bonds. The molecule has 1 N–H and O–H groups in total. The first kappa shape index (κ1) is 12.2. The van der Waals surface area contributed by atoms with Gasteiger partial charge in [-0.2, -0.15) is 5.26 Å². The summed E-state index contributed by atoms with van der Waals surface area (Å²) in [5.74, 6) is -0.539. The van der Waals surface area contributed by atoms with Gasteiger partial charge < -0.3 is 9.84 Å². The van der Waals surface area contributed by atoms with Crippen molar-refractivity contribution in [2.24, 2.45) is 0 Å². The lowest BCUT2D eigenvalue weighted by Gasteiger charge is -2.09. The highest BCUT2D eigenvalue weighted by atomic mass is 16.5. The minimum atomic E-state index is -0.539. The van der Waals surface area contributed by atoms with Crippen molar-refractivity contribution in [3.8, 4) is 6.07 Å². The summed E-state index contributed by atoms with van der Waals surface area (Å²) in [5.41, 5.74) is 2.00. The van der Waals surface area contributed by atoms with Crippen molar-refractivity contribution in [3.05, 3.63) is 34.4 Å². The fourth-order valence-corrected chi connectivity index (χ4v) is 1.52. The molecule has 0 aliphatic carbocycles. The summed E-state index contributed by atoms with van der Waals surface area (Å²) in [7, 11) is 1.27. The number of carbonyl (C=O) groups is 1. The molecule has 84 valence electrons. The predicted octanol–water partition coefficient (Wildman–Crippen LogP) is 1.40. The van der Waals surface area contributed by atoms with Crippen molar-refractivity contribution in [2.45, 2.75) is 20.0 Å². The predicted molar refractivity (Wildman–Crippen MR) is 57.8 cm³/mol. The summed E-state index contributed by atoms with van der Waals surface area (Å²) in [4.78, 5) is 11.4. The number of hydrogen-bond donors (Lipinski definition) is 1. The second-order valence-electron chi connectivity index (χ2n) is 3.28. The van der Waals surface area contributed by atoms with Gasteiger partial charge in [0.2, 0.25) is 0 Å². The lowest BCUT2D eigenvalue weighted by molar-refractivity contribution is 0.0597. The van der Waals surface area contributed by atoms with Crippen LogP contribution in [-0.2, 0) is 17.8 Å². The molecule has 4 heteroatoms. The minimum absolute atomic E-state index is 0.247. The molecule has 0 radical (unpaired) electrons. The number of nitriles is 1. The fraction of sp³-hybridized carbons (Fsp3) is 0.333. The van der Waals surface area contributed by atoms with E-state index in [1.807, 2.05) is 13.0 Å². The first-order chi connectivity index (χ1) is 7.67. The summed E-state index contributed by atoms with van der Waals surface area (Å²) in [6.07, 6.45) is 0.678. The molecular weight excluding hydrogens is 206 g/mol. The highest BCUT2D eigenvalue weighted by Gasteiger charge is 2.14. The Morgan fingerprint density at radius 1 is 1.50 bits per heavy atom. The first-order valence-corrected chi connectivity index (χ1v) is 4.93. The SMILES string of the molecule is CCc1cc(CO)c(C(=O)OC)cc1C#N. The summed E-state index contributed by atoms with van der Waals surface area (Å²) in [6.45, 7) is 1.66. The second-order valence-corrected chi connectivity index (χ2v) is 3.28. The smallest absolute Gasteiger partial charge is 0.338 e. The van der Waals surface area contributed by atoms with E-state index >= 15 is 0 Å². The van der Waals surface area contributed by atoms with Crippen molar-refractivity contribution >= 4 is 5.97 Å². The van der Waals surface area contributed by atoms with Gasteiger partial charge in [0, 0.05) is 0 Å². The molecule has 0 saturated carbocycles. The third-order valence-electron chi connectivity index (χ3n) is 2.41. The number of aliphatic hydroxyl groups is 1. The van der Waals surface area contributed by atoms with Gasteiger partial charge in [-0.25, -0.2) is 4.79 Å². The Hall–Kier alpha value is -1.86. The van der Waals surface area contributed by atoms with Gasteiger partial charge in [0.05, 0.1) is 30.9 Å². The number of benzene rings is 1. The summed E-state index contributed by atoms with van der Waals surface area (Å²) < 4.78 is 4.59. The van der Waals surface area contributed by atoms with Gasteiger partial charge in [0.1, 0.15) is 0 Å². The zero-order chi connectivity index (χ0) is 12.1. The number of rotatable bonds is 3. The van der Waals surface area contributed by atoms with E-state index in [1.165, 1.54) is 13.2 Å². The third-order valence-corrected chi connectivity index (χ3v) is 2.41. The normalized spacial score (nSPS) is 9.62. The number of methoxy groups -OCH3 is 1. The summed E-state index contributed by atoms with van der Waals surface area (Å²) in [5, 5.41) is 18.1. The Morgan fingerprint density at radius 2 is 2.19 bits per heavy atom. The fourth-order valence-electron chi connectivity index (χ4n) is 1.52. The molecule has 0 heterocycles. The highest BCUT2D eigenvalue weighted by molar-refractivity contribution is 5.91. The van der Waals surface area contributed by atoms with Gasteiger partial charge in [0.25, 0.3) is 0 Å². The standard InChI is InChI=1S/C12H13NO3/c1-3-8-4-10(7-14)11(12(15)16-2)5-9(8)6-13/h4-5,14H,3,7H2,1-2H3. The van der Waals surface area contributed by atoms with E-state index < -0.39 is 5.97 Å². The van der Waals surface area contributed by atoms with Crippen LogP contribution in [0.15, 0.2) is 12.1 Å².